The highest BCUT2D eigenvalue weighted by molar-refractivity contribution is 6.92. The van der Waals surface area contributed by atoms with Gasteiger partial charge in [0.1, 0.15) is 0 Å². The van der Waals surface area contributed by atoms with Gasteiger partial charge in [0.15, 0.2) is 0 Å². The van der Waals surface area contributed by atoms with Crippen LogP contribution in [0.4, 0.5) is 0 Å². The van der Waals surface area contributed by atoms with E-state index in [1.807, 2.05) is 6.07 Å². The van der Waals surface area contributed by atoms with Gasteiger partial charge in [0.05, 0.1) is 8.07 Å². The van der Waals surface area contributed by atoms with Gasteiger partial charge in [-0.3, -0.25) is 0 Å². The van der Waals surface area contributed by atoms with E-state index in [1.54, 1.807) is 0 Å². The minimum Gasteiger partial charge on any atom is -0.0650 e. The Morgan fingerprint density at radius 3 is 2.15 bits per heavy atom. The monoisotopic (exact) mass is 190 g/mol. The first-order valence-corrected chi connectivity index (χ1v) is 7.74. The molecular formula is C12H18Si. The predicted octanol–water partition coefficient (Wildman–Crippen LogP) is 3.00. The first kappa shape index (κ1) is 10.5. The van der Waals surface area contributed by atoms with Crippen molar-refractivity contribution in [3.63, 3.8) is 0 Å². The Balaban J connectivity index is 3.08. The molecule has 1 aromatic carbocycles. The quantitative estimate of drug-likeness (QED) is 0.597. The number of benzene rings is 1. The van der Waals surface area contributed by atoms with Gasteiger partial charge in [0, 0.05) is 0 Å². The molecule has 1 rings (SSSR count). The van der Waals surface area contributed by atoms with E-state index in [4.69, 9.17) is 0 Å². The lowest BCUT2D eigenvalue weighted by molar-refractivity contribution is 0.729. The maximum absolute atomic E-state index is 3.05. The van der Waals surface area contributed by atoms with Crippen molar-refractivity contribution in [1.29, 1.82) is 0 Å². The van der Waals surface area contributed by atoms with E-state index >= 15 is 0 Å². The summed E-state index contributed by atoms with van der Waals surface area (Å²) in [5.41, 5.74) is 0. The second-order valence-corrected chi connectivity index (χ2v) is 10.4. The Labute approximate surface area is 83.0 Å². The van der Waals surface area contributed by atoms with Crippen LogP contribution in [0.3, 0.4) is 0 Å². The molecule has 0 atom stereocenters. The van der Waals surface area contributed by atoms with Crippen LogP contribution in [0.1, 0.15) is 20.8 Å². The van der Waals surface area contributed by atoms with Crippen molar-refractivity contribution in [2.45, 2.75) is 38.9 Å². The third kappa shape index (κ3) is 2.02. The van der Waals surface area contributed by atoms with Gasteiger partial charge in [-0.05, 0) is 17.2 Å². The van der Waals surface area contributed by atoms with Crippen LogP contribution < -0.4 is 5.19 Å². The Kier molecular flexibility index (Phi) is 2.67. The van der Waals surface area contributed by atoms with Gasteiger partial charge in [-0.25, -0.2) is 0 Å². The average molecular weight is 190 g/mol. The van der Waals surface area contributed by atoms with Gasteiger partial charge in [-0.1, -0.05) is 57.3 Å². The third-order valence-corrected chi connectivity index (χ3v) is 8.76. The smallest absolute Gasteiger partial charge is 0.0650 e. The molecule has 1 aromatic rings. The topological polar surface area (TPSA) is 0 Å². The van der Waals surface area contributed by atoms with Gasteiger partial charge in [0.25, 0.3) is 0 Å². The maximum atomic E-state index is 3.05. The molecule has 0 heterocycles. The Hall–Kier alpha value is -0.563. The summed E-state index contributed by atoms with van der Waals surface area (Å²) in [5.74, 6) is 0. The molecule has 0 bridgehead atoms. The second kappa shape index (κ2) is 3.30. The van der Waals surface area contributed by atoms with E-state index < -0.39 is 8.07 Å². The molecular weight excluding hydrogens is 172 g/mol. The lowest BCUT2D eigenvalue weighted by atomic mass is 10.2. The summed E-state index contributed by atoms with van der Waals surface area (Å²) in [5, 5.41) is 1.88. The molecule has 1 heteroatoms. The fourth-order valence-corrected chi connectivity index (χ4v) is 2.97. The van der Waals surface area contributed by atoms with Crippen molar-refractivity contribution in [3.05, 3.63) is 30.3 Å². The summed E-state index contributed by atoms with van der Waals surface area (Å²) in [6.45, 7) is 11.8. The highest BCUT2D eigenvalue weighted by atomic mass is 28.3. The van der Waals surface area contributed by atoms with Crippen LogP contribution in [0.5, 0.6) is 0 Å². The molecule has 0 unspecified atom stereocenters. The lowest BCUT2D eigenvalue weighted by Gasteiger charge is -2.37. The molecule has 0 aromatic heterocycles. The van der Waals surface area contributed by atoms with E-state index in [2.05, 4.69) is 58.1 Å². The average Bonchev–Trinajstić information content (AvgIpc) is 2.04. The van der Waals surface area contributed by atoms with Crippen LogP contribution in [0.2, 0.25) is 18.1 Å². The zero-order valence-electron chi connectivity index (χ0n) is 9.23. The summed E-state index contributed by atoms with van der Waals surface area (Å²) in [6, 6.07) is 12.3. The minimum absolute atomic E-state index is 0.405. The van der Waals surface area contributed by atoms with Gasteiger partial charge < -0.3 is 0 Å². The Morgan fingerprint density at radius 1 is 1.15 bits per heavy atom. The number of hydrogen-bond donors (Lipinski definition) is 0. The van der Waals surface area contributed by atoms with Gasteiger partial charge in [-0.2, -0.15) is 0 Å². The zero-order valence-corrected chi connectivity index (χ0v) is 10.2. The minimum atomic E-state index is -1.33. The van der Waals surface area contributed by atoms with Crippen molar-refractivity contribution in [2.24, 2.45) is 0 Å². The maximum Gasteiger partial charge on any atom is 0.0859 e. The molecule has 0 nitrogen and oxygen atoms in total. The summed E-state index contributed by atoms with van der Waals surface area (Å²) in [7, 11) is -1.33. The van der Waals surface area contributed by atoms with Crippen LogP contribution in [-0.4, -0.2) is 8.07 Å². The standard InChI is InChI=1S/C12H18Si/c1-12(2,3)13(4,5)11-9-7-6-8-10-11/h7,9-10H,1-5H3. The SMILES string of the molecule is CC(C)(C)[Si](C)(C)c1c[c][c]cc1. The first-order valence-electron chi connectivity index (χ1n) is 4.74. The van der Waals surface area contributed by atoms with Crippen molar-refractivity contribution in [1.82, 2.24) is 0 Å². The van der Waals surface area contributed by atoms with Gasteiger partial charge >= 0.3 is 0 Å². The molecule has 0 aliphatic rings. The predicted molar refractivity (Wildman–Crippen MR) is 60.9 cm³/mol. The van der Waals surface area contributed by atoms with Crippen LogP contribution in [0.25, 0.3) is 0 Å². The summed E-state index contributed by atoms with van der Waals surface area (Å²) < 4.78 is 0. The van der Waals surface area contributed by atoms with Crippen molar-refractivity contribution in [2.75, 3.05) is 0 Å². The van der Waals surface area contributed by atoms with Crippen LogP contribution >= 0.6 is 0 Å². The molecule has 0 aliphatic carbocycles. The third-order valence-electron chi connectivity index (χ3n) is 3.25. The number of rotatable bonds is 1. The molecule has 0 saturated heterocycles. The molecule has 0 N–H and O–H groups in total. The highest BCUT2D eigenvalue weighted by Crippen LogP contribution is 2.35. The van der Waals surface area contributed by atoms with E-state index in [-0.39, 0.29) is 0 Å². The molecule has 2 radical (unpaired) electrons. The largest absolute Gasteiger partial charge is 0.0859 e. The normalized spacial score (nSPS) is 13.0. The molecule has 0 spiro atoms. The van der Waals surface area contributed by atoms with Crippen LogP contribution in [-0.2, 0) is 0 Å². The fraction of sp³-hybridized carbons (Fsp3) is 0.500. The fourth-order valence-electron chi connectivity index (χ4n) is 1.17. The Bertz CT molecular complexity index is 267. The summed E-state index contributed by atoms with van der Waals surface area (Å²) in [4.78, 5) is 0. The second-order valence-electron chi connectivity index (χ2n) is 5.10. The summed E-state index contributed by atoms with van der Waals surface area (Å²) in [6.07, 6.45) is 0. The Morgan fingerprint density at radius 2 is 1.77 bits per heavy atom. The lowest BCUT2D eigenvalue weighted by Crippen LogP contribution is -2.49. The van der Waals surface area contributed by atoms with E-state index in [1.165, 1.54) is 5.19 Å². The van der Waals surface area contributed by atoms with Crippen LogP contribution in [0, 0.1) is 12.1 Å². The molecule has 0 amide bonds. The molecule has 13 heavy (non-hydrogen) atoms. The molecule has 70 valence electrons. The highest BCUT2D eigenvalue weighted by Gasteiger charge is 2.36. The van der Waals surface area contributed by atoms with Crippen molar-refractivity contribution < 1.29 is 0 Å². The van der Waals surface area contributed by atoms with Crippen molar-refractivity contribution in [3.8, 4) is 0 Å². The first-order chi connectivity index (χ1) is 5.86. The van der Waals surface area contributed by atoms with Crippen molar-refractivity contribution >= 4 is 13.3 Å². The molecule has 0 aliphatic heterocycles. The zero-order chi connectivity index (χ0) is 10.1. The molecule has 0 fully saturated rings. The molecule has 0 saturated carbocycles. The van der Waals surface area contributed by atoms with Crippen LogP contribution in [0.15, 0.2) is 18.2 Å². The van der Waals surface area contributed by atoms with E-state index in [0.29, 0.717) is 5.04 Å². The number of hydrogen-bond acceptors (Lipinski definition) is 0. The van der Waals surface area contributed by atoms with E-state index in [0.717, 1.165) is 0 Å². The summed E-state index contributed by atoms with van der Waals surface area (Å²) >= 11 is 0. The van der Waals surface area contributed by atoms with Gasteiger partial charge in [0.2, 0.25) is 0 Å². The van der Waals surface area contributed by atoms with E-state index in [9.17, 15) is 0 Å². The van der Waals surface area contributed by atoms with Gasteiger partial charge in [-0.15, -0.1) is 0 Å².